The van der Waals surface area contributed by atoms with Crippen molar-refractivity contribution in [1.82, 2.24) is 10.3 Å². The summed E-state index contributed by atoms with van der Waals surface area (Å²) < 4.78 is 37.1. The fourth-order valence-electron chi connectivity index (χ4n) is 0.952. The molecule has 0 aliphatic rings. The van der Waals surface area contributed by atoms with E-state index in [0.29, 0.717) is 6.20 Å². The zero-order valence-electron chi connectivity index (χ0n) is 8.38. The third-order valence-electron chi connectivity index (χ3n) is 1.62. The Kier molecular flexibility index (Phi) is 4.30. The number of carbonyl (C=O) groups is 1. The van der Waals surface area contributed by atoms with Crippen molar-refractivity contribution in [3.05, 3.63) is 22.8 Å². The Morgan fingerprint density at radius 2 is 2.11 bits per heavy atom. The van der Waals surface area contributed by atoms with Gasteiger partial charge in [0, 0.05) is 12.3 Å². The molecule has 5 nitrogen and oxygen atoms in total. The summed E-state index contributed by atoms with van der Waals surface area (Å²) in [4.78, 5) is 13.6. The van der Waals surface area contributed by atoms with Gasteiger partial charge in [0.15, 0.2) is 5.11 Å². The van der Waals surface area contributed by atoms with Gasteiger partial charge in [-0.1, -0.05) is 11.6 Å². The average Bonchev–Trinajstić information content (AvgIpc) is 2.13. The maximum Gasteiger partial charge on any atom is 0.419 e. The lowest BCUT2D eigenvalue weighted by atomic mass is 10.3. The normalized spacial score (nSPS) is 10.9. The smallest absolute Gasteiger partial charge is 0.419 e. The molecular weight excluding hydrogens is 295 g/mol. The molecule has 1 amide bonds. The zero-order chi connectivity index (χ0) is 13.9. The molecule has 98 valence electrons. The van der Waals surface area contributed by atoms with Gasteiger partial charge in [-0.3, -0.25) is 5.32 Å². The molecule has 0 bridgehead atoms. The monoisotopic (exact) mass is 299 g/mol. The van der Waals surface area contributed by atoms with E-state index in [1.54, 1.807) is 5.32 Å². The van der Waals surface area contributed by atoms with Gasteiger partial charge >= 0.3 is 12.3 Å². The molecule has 18 heavy (non-hydrogen) atoms. The third kappa shape index (κ3) is 4.00. The van der Waals surface area contributed by atoms with Crippen molar-refractivity contribution in [2.45, 2.75) is 6.18 Å². The van der Waals surface area contributed by atoms with E-state index in [1.807, 2.05) is 0 Å². The summed E-state index contributed by atoms with van der Waals surface area (Å²) in [6.45, 7) is 0. The zero-order valence-corrected chi connectivity index (χ0v) is 9.95. The number of aromatic nitrogens is 1. The van der Waals surface area contributed by atoms with E-state index in [9.17, 15) is 18.0 Å². The number of rotatable bonds is 1. The van der Waals surface area contributed by atoms with E-state index in [2.05, 4.69) is 22.5 Å². The maximum atomic E-state index is 12.4. The number of pyridine rings is 1. The van der Waals surface area contributed by atoms with Crippen molar-refractivity contribution in [1.29, 1.82) is 0 Å². The van der Waals surface area contributed by atoms with Crippen LogP contribution in [0.1, 0.15) is 5.56 Å². The number of halogens is 4. The molecule has 0 saturated heterocycles. The van der Waals surface area contributed by atoms with Crippen molar-refractivity contribution in [3.63, 3.8) is 0 Å². The van der Waals surface area contributed by atoms with Crippen LogP contribution in [0.15, 0.2) is 12.3 Å². The minimum Gasteiger partial charge on any atom is -0.465 e. The van der Waals surface area contributed by atoms with Crippen LogP contribution in [0.4, 0.5) is 23.8 Å². The van der Waals surface area contributed by atoms with Crippen LogP contribution < -0.4 is 10.6 Å². The van der Waals surface area contributed by atoms with Gasteiger partial charge in [-0.25, -0.2) is 9.78 Å². The van der Waals surface area contributed by atoms with E-state index in [-0.39, 0.29) is 10.9 Å². The number of hydrogen-bond acceptors (Lipinski definition) is 3. The van der Waals surface area contributed by atoms with Gasteiger partial charge in [-0.2, -0.15) is 13.2 Å². The number of carboxylic acid groups (broad SMARTS) is 1. The van der Waals surface area contributed by atoms with Gasteiger partial charge < -0.3 is 10.4 Å². The Balaban J connectivity index is 2.85. The van der Waals surface area contributed by atoms with Crippen LogP contribution in [0.5, 0.6) is 0 Å². The van der Waals surface area contributed by atoms with Crippen LogP contribution in [0.3, 0.4) is 0 Å². The number of amides is 1. The summed E-state index contributed by atoms with van der Waals surface area (Å²) >= 11 is 9.98. The molecule has 0 atom stereocenters. The van der Waals surface area contributed by atoms with Crippen molar-refractivity contribution in [2.24, 2.45) is 0 Å². The van der Waals surface area contributed by atoms with Crippen LogP contribution in [0.2, 0.25) is 5.02 Å². The van der Waals surface area contributed by atoms with Crippen LogP contribution in [-0.2, 0) is 6.18 Å². The molecule has 1 aromatic heterocycles. The predicted molar refractivity (Wildman–Crippen MR) is 61.6 cm³/mol. The fourth-order valence-corrected chi connectivity index (χ4v) is 1.40. The molecule has 0 spiro atoms. The standard InChI is InChI=1S/C8H5ClF3N3O2S/c9-4-1-5(14-6(18)15-7(16)17)13-2-3(4)8(10,11)12/h1-2H,(H,16,17)(H2,13,14,15,18). The number of alkyl halides is 3. The lowest BCUT2D eigenvalue weighted by Gasteiger charge is -2.10. The first-order valence-corrected chi connectivity index (χ1v) is 5.02. The van der Waals surface area contributed by atoms with E-state index in [0.717, 1.165) is 6.07 Å². The fraction of sp³-hybridized carbons (Fsp3) is 0.125. The molecule has 10 heteroatoms. The van der Waals surface area contributed by atoms with Crippen LogP contribution >= 0.6 is 23.8 Å². The second-order valence-electron chi connectivity index (χ2n) is 2.93. The van der Waals surface area contributed by atoms with Crippen LogP contribution in [0, 0.1) is 0 Å². The summed E-state index contributed by atoms with van der Waals surface area (Å²) in [5.41, 5.74) is -1.09. The molecular formula is C8H5ClF3N3O2S. The highest BCUT2D eigenvalue weighted by Gasteiger charge is 2.33. The number of thiocarbonyl (C=S) groups is 1. The minimum atomic E-state index is -4.61. The molecule has 0 aliphatic heterocycles. The van der Waals surface area contributed by atoms with E-state index < -0.39 is 22.9 Å². The largest absolute Gasteiger partial charge is 0.465 e. The first-order valence-electron chi connectivity index (χ1n) is 4.24. The van der Waals surface area contributed by atoms with E-state index >= 15 is 0 Å². The molecule has 0 aromatic carbocycles. The van der Waals surface area contributed by atoms with Gasteiger partial charge in [0.1, 0.15) is 5.82 Å². The lowest BCUT2D eigenvalue weighted by molar-refractivity contribution is -0.137. The van der Waals surface area contributed by atoms with Crippen molar-refractivity contribution < 1.29 is 23.1 Å². The van der Waals surface area contributed by atoms with Gasteiger partial charge in [-0.05, 0) is 12.2 Å². The molecule has 0 unspecified atom stereocenters. The molecule has 0 aliphatic carbocycles. The van der Waals surface area contributed by atoms with Crippen molar-refractivity contribution in [3.8, 4) is 0 Å². The molecule has 3 N–H and O–H groups in total. The highest BCUT2D eigenvalue weighted by Crippen LogP contribution is 2.34. The highest BCUT2D eigenvalue weighted by atomic mass is 35.5. The second kappa shape index (κ2) is 5.36. The molecule has 0 fully saturated rings. The van der Waals surface area contributed by atoms with Crippen LogP contribution in [0.25, 0.3) is 0 Å². The van der Waals surface area contributed by atoms with Gasteiger partial charge in [0.2, 0.25) is 0 Å². The molecule has 0 radical (unpaired) electrons. The van der Waals surface area contributed by atoms with Gasteiger partial charge in [-0.15, -0.1) is 0 Å². The Morgan fingerprint density at radius 3 is 2.56 bits per heavy atom. The summed E-state index contributed by atoms with van der Waals surface area (Å²) in [6.07, 6.45) is -5.50. The number of anilines is 1. The lowest BCUT2D eigenvalue weighted by Crippen LogP contribution is -2.33. The summed E-state index contributed by atoms with van der Waals surface area (Å²) in [5, 5.41) is 11.5. The molecule has 1 aromatic rings. The topological polar surface area (TPSA) is 74.2 Å². The third-order valence-corrected chi connectivity index (χ3v) is 2.14. The van der Waals surface area contributed by atoms with E-state index in [4.69, 9.17) is 16.7 Å². The molecule has 1 rings (SSSR count). The number of nitrogens with zero attached hydrogens (tertiary/aromatic N) is 1. The predicted octanol–water partition coefficient (Wildman–Crippen LogP) is 2.72. The quantitative estimate of drug-likeness (QED) is 0.695. The van der Waals surface area contributed by atoms with Gasteiger partial charge in [0.25, 0.3) is 0 Å². The summed E-state index contributed by atoms with van der Waals surface area (Å²) in [5.74, 6) is -0.105. The SMILES string of the molecule is O=C(O)NC(=S)Nc1cc(Cl)c(C(F)(F)F)cn1. The highest BCUT2D eigenvalue weighted by molar-refractivity contribution is 7.80. The van der Waals surface area contributed by atoms with Crippen molar-refractivity contribution >= 4 is 40.8 Å². The second-order valence-corrected chi connectivity index (χ2v) is 3.75. The number of hydrogen-bond donors (Lipinski definition) is 3. The summed E-state index contributed by atoms with van der Waals surface area (Å²) in [7, 11) is 0. The molecule has 0 saturated carbocycles. The first kappa shape index (κ1) is 14.5. The average molecular weight is 300 g/mol. The Hall–Kier alpha value is -1.61. The van der Waals surface area contributed by atoms with Gasteiger partial charge in [0.05, 0.1) is 10.6 Å². The first-order chi connectivity index (χ1) is 8.20. The Morgan fingerprint density at radius 1 is 1.50 bits per heavy atom. The van der Waals surface area contributed by atoms with E-state index in [1.165, 1.54) is 0 Å². The molecule has 1 heterocycles. The summed E-state index contributed by atoms with van der Waals surface area (Å²) in [6, 6.07) is 0.889. The Bertz CT molecular complexity index is 495. The Labute approximate surface area is 109 Å². The van der Waals surface area contributed by atoms with Crippen molar-refractivity contribution in [2.75, 3.05) is 5.32 Å². The maximum absolute atomic E-state index is 12.4. The van der Waals surface area contributed by atoms with Crippen LogP contribution in [-0.4, -0.2) is 21.3 Å². The minimum absolute atomic E-state index is 0.105. The number of nitrogens with one attached hydrogen (secondary N) is 2.